The molecule has 0 aliphatic rings. The molecule has 0 spiro atoms. The zero-order valence-corrected chi connectivity index (χ0v) is 18.7. The van der Waals surface area contributed by atoms with E-state index in [0.717, 1.165) is 0 Å². The van der Waals surface area contributed by atoms with Gasteiger partial charge in [-0.1, -0.05) is 11.8 Å². The highest BCUT2D eigenvalue weighted by Crippen LogP contribution is 2.11. The molecule has 2 amide bonds. The van der Waals surface area contributed by atoms with E-state index >= 15 is 0 Å². The van der Waals surface area contributed by atoms with Gasteiger partial charge in [-0.2, -0.15) is 0 Å². The molecule has 2 aromatic rings. The van der Waals surface area contributed by atoms with E-state index < -0.39 is 30.4 Å². The lowest BCUT2D eigenvalue weighted by molar-refractivity contribution is -0.126. The summed E-state index contributed by atoms with van der Waals surface area (Å²) in [6, 6.07) is 12.0. The van der Waals surface area contributed by atoms with E-state index in [-0.39, 0.29) is 36.6 Å². The first-order chi connectivity index (χ1) is 16.2. The van der Waals surface area contributed by atoms with Gasteiger partial charge in [0.15, 0.2) is 5.78 Å². The molecular weight excluding hydrogens is 438 g/mol. The van der Waals surface area contributed by atoms with Crippen LogP contribution in [-0.2, 0) is 14.4 Å². The minimum Gasteiger partial charge on any atom is -0.391 e. The van der Waals surface area contributed by atoms with Crippen LogP contribution in [-0.4, -0.2) is 58.9 Å². The Morgan fingerprint density at radius 3 is 2.00 bits per heavy atom. The van der Waals surface area contributed by atoms with E-state index in [9.17, 15) is 24.3 Å². The van der Waals surface area contributed by atoms with Gasteiger partial charge in [0, 0.05) is 35.2 Å². The van der Waals surface area contributed by atoms with Gasteiger partial charge >= 0.3 is 0 Å². The molecule has 0 saturated heterocycles. The Kier molecular flexibility index (Phi) is 10.1. The maximum atomic E-state index is 12.3. The summed E-state index contributed by atoms with van der Waals surface area (Å²) in [5, 5.41) is 23.7. The number of aliphatic hydroxyl groups is 2. The van der Waals surface area contributed by atoms with E-state index in [2.05, 4.69) is 22.5 Å². The Balaban J connectivity index is 1.96. The standard InChI is InChI=1S/C25H27N3O6/c1-16(30)24(22(32)15-29)28-25(34)19-8-4-17(5-9-19)2-3-18-6-10-20(11-7-18)27-23(33)13-12-21(31)14-26/h4-11,16,24,29-30H,12-15,26H2,1H3,(H,27,33)(H,28,34)/t16-,24+/m1/s1. The van der Waals surface area contributed by atoms with Gasteiger partial charge in [0.05, 0.1) is 12.6 Å². The molecule has 9 nitrogen and oxygen atoms in total. The van der Waals surface area contributed by atoms with E-state index in [1.54, 1.807) is 36.4 Å². The second-order valence-electron chi connectivity index (χ2n) is 7.51. The third kappa shape index (κ3) is 8.26. The normalized spacial score (nSPS) is 12.0. The minimum absolute atomic E-state index is 0.0725. The van der Waals surface area contributed by atoms with Crippen molar-refractivity contribution in [3.63, 3.8) is 0 Å². The molecule has 0 aromatic heterocycles. The molecule has 178 valence electrons. The summed E-state index contributed by atoms with van der Waals surface area (Å²) in [5.74, 6) is 4.26. The largest absolute Gasteiger partial charge is 0.391 e. The summed E-state index contributed by atoms with van der Waals surface area (Å²) in [6.45, 7) is 0.489. The molecule has 2 atom stereocenters. The Hall–Kier alpha value is -3.84. The number of carbonyl (C=O) groups excluding carboxylic acids is 4. The lowest BCUT2D eigenvalue weighted by Crippen LogP contribution is -2.48. The average Bonchev–Trinajstić information content (AvgIpc) is 2.84. The van der Waals surface area contributed by atoms with Crippen LogP contribution in [0, 0.1) is 11.8 Å². The van der Waals surface area contributed by atoms with Crippen LogP contribution in [0.15, 0.2) is 48.5 Å². The predicted molar refractivity (Wildman–Crippen MR) is 126 cm³/mol. The number of rotatable bonds is 10. The van der Waals surface area contributed by atoms with Crippen molar-refractivity contribution < 1.29 is 29.4 Å². The fourth-order valence-corrected chi connectivity index (χ4v) is 2.86. The topological polar surface area (TPSA) is 159 Å². The fraction of sp³-hybridized carbons (Fsp3) is 0.280. The Bertz CT molecular complexity index is 1080. The molecule has 2 aromatic carbocycles. The number of nitrogens with two attached hydrogens (primary N) is 1. The van der Waals surface area contributed by atoms with Crippen LogP contribution in [0.5, 0.6) is 0 Å². The monoisotopic (exact) mass is 465 g/mol. The van der Waals surface area contributed by atoms with E-state index in [0.29, 0.717) is 16.8 Å². The molecule has 0 saturated carbocycles. The fourth-order valence-electron chi connectivity index (χ4n) is 2.86. The first-order valence-electron chi connectivity index (χ1n) is 10.6. The summed E-state index contributed by atoms with van der Waals surface area (Å²) in [6.07, 6.45) is -0.967. The number of carbonyl (C=O) groups is 4. The van der Waals surface area contributed by atoms with Crippen molar-refractivity contribution in [2.45, 2.75) is 31.9 Å². The Morgan fingerprint density at radius 2 is 1.50 bits per heavy atom. The molecule has 0 unspecified atom stereocenters. The maximum Gasteiger partial charge on any atom is 0.251 e. The zero-order chi connectivity index (χ0) is 25.1. The quantitative estimate of drug-likeness (QED) is 0.317. The van der Waals surface area contributed by atoms with Crippen LogP contribution in [0.25, 0.3) is 0 Å². The highest BCUT2D eigenvalue weighted by atomic mass is 16.3. The second-order valence-corrected chi connectivity index (χ2v) is 7.51. The molecule has 0 aliphatic heterocycles. The highest BCUT2D eigenvalue weighted by Gasteiger charge is 2.25. The number of Topliss-reactive ketones (excluding diaryl/α,β-unsaturated/α-hetero) is 2. The molecule has 34 heavy (non-hydrogen) atoms. The van der Waals surface area contributed by atoms with Crippen LogP contribution < -0.4 is 16.4 Å². The number of ketones is 2. The van der Waals surface area contributed by atoms with Gasteiger partial charge in [-0.05, 0) is 55.5 Å². The predicted octanol–water partition coefficient (Wildman–Crippen LogP) is 0.373. The van der Waals surface area contributed by atoms with Gasteiger partial charge < -0.3 is 26.6 Å². The van der Waals surface area contributed by atoms with Crippen molar-refractivity contribution in [3.8, 4) is 11.8 Å². The number of benzene rings is 2. The number of hydrogen-bond acceptors (Lipinski definition) is 7. The van der Waals surface area contributed by atoms with Crippen LogP contribution in [0.2, 0.25) is 0 Å². The van der Waals surface area contributed by atoms with Gasteiger partial charge in [0.25, 0.3) is 5.91 Å². The minimum atomic E-state index is -1.20. The lowest BCUT2D eigenvalue weighted by atomic mass is 10.1. The van der Waals surface area contributed by atoms with Gasteiger partial charge in [-0.25, -0.2) is 0 Å². The van der Waals surface area contributed by atoms with Gasteiger partial charge in [-0.3, -0.25) is 19.2 Å². The molecule has 0 bridgehead atoms. The number of amides is 2. The molecule has 0 radical (unpaired) electrons. The van der Waals surface area contributed by atoms with Crippen molar-refractivity contribution in [3.05, 3.63) is 65.2 Å². The first kappa shape index (κ1) is 26.4. The van der Waals surface area contributed by atoms with Crippen molar-refractivity contribution >= 4 is 29.1 Å². The molecular formula is C25H27N3O6. The number of aliphatic hydroxyl groups excluding tert-OH is 2. The first-order valence-corrected chi connectivity index (χ1v) is 10.6. The van der Waals surface area contributed by atoms with Crippen LogP contribution in [0.3, 0.4) is 0 Å². The molecule has 9 heteroatoms. The summed E-state index contributed by atoms with van der Waals surface area (Å²) < 4.78 is 0. The summed E-state index contributed by atoms with van der Waals surface area (Å²) in [5.41, 5.74) is 7.44. The van der Waals surface area contributed by atoms with Crippen LogP contribution in [0.1, 0.15) is 41.3 Å². The average molecular weight is 466 g/mol. The smallest absolute Gasteiger partial charge is 0.251 e. The summed E-state index contributed by atoms with van der Waals surface area (Å²) >= 11 is 0. The molecule has 0 aliphatic carbocycles. The van der Waals surface area contributed by atoms with Crippen LogP contribution >= 0.6 is 0 Å². The SMILES string of the molecule is C[C@@H](O)[C@H](NC(=O)c1ccc(C#Cc2ccc(NC(=O)CCC(=O)CN)cc2)cc1)C(=O)CO. The lowest BCUT2D eigenvalue weighted by Gasteiger charge is -2.19. The summed E-state index contributed by atoms with van der Waals surface area (Å²) in [7, 11) is 0. The van der Waals surface area contributed by atoms with Gasteiger partial charge in [0.1, 0.15) is 18.4 Å². The van der Waals surface area contributed by atoms with Gasteiger partial charge in [-0.15, -0.1) is 0 Å². The number of nitrogens with one attached hydrogen (secondary N) is 2. The number of hydrogen-bond donors (Lipinski definition) is 5. The molecule has 0 fully saturated rings. The third-order valence-corrected chi connectivity index (χ3v) is 4.80. The van der Waals surface area contributed by atoms with E-state index in [1.165, 1.54) is 19.1 Å². The van der Waals surface area contributed by atoms with E-state index in [4.69, 9.17) is 10.8 Å². The number of anilines is 1. The maximum absolute atomic E-state index is 12.3. The van der Waals surface area contributed by atoms with Crippen molar-refractivity contribution in [2.24, 2.45) is 5.73 Å². The molecule has 0 heterocycles. The van der Waals surface area contributed by atoms with Crippen molar-refractivity contribution in [1.29, 1.82) is 0 Å². The Labute approximate surface area is 197 Å². The zero-order valence-electron chi connectivity index (χ0n) is 18.7. The Morgan fingerprint density at radius 1 is 0.941 bits per heavy atom. The highest BCUT2D eigenvalue weighted by molar-refractivity contribution is 5.98. The van der Waals surface area contributed by atoms with Crippen molar-refractivity contribution in [1.82, 2.24) is 5.32 Å². The molecule has 2 rings (SSSR count). The van der Waals surface area contributed by atoms with Gasteiger partial charge in [0.2, 0.25) is 5.91 Å². The third-order valence-electron chi connectivity index (χ3n) is 4.80. The van der Waals surface area contributed by atoms with E-state index in [1.807, 2.05) is 0 Å². The molecule has 6 N–H and O–H groups in total. The van der Waals surface area contributed by atoms with Crippen molar-refractivity contribution in [2.75, 3.05) is 18.5 Å². The summed E-state index contributed by atoms with van der Waals surface area (Å²) in [4.78, 5) is 47.0. The second kappa shape index (κ2) is 13.0. The van der Waals surface area contributed by atoms with Crippen LogP contribution in [0.4, 0.5) is 5.69 Å².